The van der Waals surface area contributed by atoms with Gasteiger partial charge in [-0.2, -0.15) is 5.10 Å². The summed E-state index contributed by atoms with van der Waals surface area (Å²) in [5, 5.41) is 6.81. The van der Waals surface area contributed by atoms with Crippen LogP contribution in [0.3, 0.4) is 0 Å². The molecule has 1 amide bonds. The van der Waals surface area contributed by atoms with E-state index in [-0.39, 0.29) is 18.1 Å². The second kappa shape index (κ2) is 5.68. The summed E-state index contributed by atoms with van der Waals surface area (Å²) < 4.78 is 16.1. The van der Waals surface area contributed by atoms with E-state index in [1.165, 1.54) is 12.1 Å². The Morgan fingerprint density at radius 1 is 1.42 bits per heavy atom. The number of para-hydroxylation sites is 1. The fourth-order valence-corrected chi connectivity index (χ4v) is 2.10. The van der Waals surface area contributed by atoms with Gasteiger partial charge in [-0.3, -0.25) is 9.48 Å². The Kier molecular flexibility index (Phi) is 4.18. The van der Waals surface area contributed by atoms with Crippen molar-refractivity contribution in [3.63, 3.8) is 0 Å². The molecule has 0 bridgehead atoms. The Bertz CT molecular complexity index is 624. The Hall–Kier alpha value is -1.44. The van der Waals surface area contributed by atoms with Gasteiger partial charge in [0.1, 0.15) is 12.4 Å². The maximum Gasteiger partial charge on any atom is 0.246 e. The van der Waals surface area contributed by atoms with Crippen LogP contribution in [0.2, 0.25) is 0 Å². The molecule has 0 saturated carbocycles. The van der Waals surface area contributed by atoms with E-state index in [1.807, 2.05) is 13.8 Å². The highest BCUT2D eigenvalue weighted by Crippen LogP contribution is 2.16. The van der Waals surface area contributed by atoms with Crippen LogP contribution in [0.1, 0.15) is 11.4 Å². The van der Waals surface area contributed by atoms with E-state index in [0.717, 1.165) is 15.0 Å². The highest BCUT2D eigenvalue weighted by molar-refractivity contribution is 14.1. The maximum absolute atomic E-state index is 13.4. The number of hydrogen-bond donors (Lipinski definition) is 1. The van der Waals surface area contributed by atoms with Crippen molar-refractivity contribution in [3.05, 3.63) is 45.0 Å². The van der Waals surface area contributed by atoms with Gasteiger partial charge >= 0.3 is 0 Å². The van der Waals surface area contributed by atoms with Crippen molar-refractivity contribution in [2.24, 2.45) is 0 Å². The number of benzene rings is 1. The predicted octanol–water partition coefficient (Wildman–Crippen LogP) is 2.88. The molecule has 4 nitrogen and oxygen atoms in total. The lowest BCUT2D eigenvalue weighted by molar-refractivity contribution is -0.117. The third-order valence-corrected chi connectivity index (χ3v) is 4.30. The third-order valence-electron chi connectivity index (χ3n) is 2.73. The first kappa shape index (κ1) is 14.0. The van der Waals surface area contributed by atoms with E-state index in [4.69, 9.17) is 0 Å². The number of aryl methyl sites for hydroxylation is 1. The number of amides is 1. The Balaban J connectivity index is 2.10. The largest absolute Gasteiger partial charge is 0.322 e. The number of halogens is 2. The van der Waals surface area contributed by atoms with Crippen LogP contribution in [-0.4, -0.2) is 15.7 Å². The van der Waals surface area contributed by atoms with Crippen LogP contribution in [-0.2, 0) is 11.3 Å². The maximum atomic E-state index is 13.4. The van der Waals surface area contributed by atoms with Crippen LogP contribution in [0.15, 0.2) is 24.3 Å². The van der Waals surface area contributed by atoms with Gasteiger partial charge in [-0.05, 0) is 48.6 Å². The van der Waals surface area contributed by atoms with Gasteiger partial charge in [0.2, 0.25) is 5.91 Å². The number of carbonyl (C=O) groups is 1. The average Bonchev–Trinajstić information content (AvgIpc) is 2.60. The van der Waals surface area contributed by atoms with Gasteiger partial charge < -0.3 is 5.32 Å². The van der Waals surface area contributed by atoms with E-state index in [0.29, 0.717) is 0 Å². The molecule has 1 aromatic carbocycles. The van der Waals surface area contributed by atoms with E-state index in [9.17, 15) is 9.18 Å². The Labute approximate surface area is 124 Å². The molecule has 2 rings (SSSR count). The molecule has 1 heterocycles. The molecular weight excluding hydrogens is 360 g/mol. The first-order valence-electron chi connectivity index (χ1n) is 5.73. The minimum absolute atomic E-state index is 0.0734. The van der Waals surface area contributed by atoms with Crippen LogP contribution in [0.25, 0.3) is 0 Å². The van der Waals surface area contributed by atoms with Gasteiger partial charge in [0.25, 0.3) is 0 Å². The molecule has 0 radical (unpaired) electrons. The van der Waals surface area contributed by atoms with Crippen molar-refractivity contribution in [1.29, 1.82) is 0 Å². The molecule has 1 aromatic heterocycles. The summed E-state index contributed by atoms with van der Waals surface area (Å²) in [6, 6.07) is 6.08. The zero-order valence-electron chi connectivity index (χ0n) is 10.6. The van der Waals surface area contributed by atoms with E-state index in [2.05, 4.69) is 33.0 Å². The van der Waals surface area contributed by atoms with Crippen LogP contribution >= 0.6 is 22.6 Å². The summed E-state index contributed by atoms with van der Waals surface area (Å²) in [5.41, 5.74) is 2.00. The van der Waals surface area contributed by atoms with Gasteiger partial charge in [0.05, 0.1) is 15.0 Å². The number of carbonyl (C=O) groups excluding carboxylic acids is 1. The van der Waals surface area contributed by atoms with Crippen molar-refractivity contribution in [2.45, 2.75) is 20.4 Å². The van der Waals surface area contributed by atoms with E-state index >= 15 is 0 Å². The van der Waals surface area contributed by atoms with Gasteiger partial charge in [0.15, 0.2) is 0 Å². The van der Waals surface area contributed by atoms with Gasteiger partial charge in [-0.25, -0.2) is 4.39 Å². The van der Waals surface area contributed by atoms with Gasteiger partial charge in [0, 0.05) is 5.69 Å². The minimum Gasteiger partial charge on any atom is -0.322 e. The lowest BCUT2D eigenvalue weighted by atomic mass is 10.3. The molecule has 0 spiro atoms. The fraction of sp³-hybridized carbons (Fsp3) is 0.231. The molecular formula is C13H13FIN3O. The van der Waals surface area contributed by atoms with Crippen molar-refractivity contribution in [3.8, 4) is 0 Å². The van der Waals surface area contributed by atoms with Crippen molar-refractivity contribution in [1.82, 2.24) is 9.78 Å². The lowest BCUT2D eigenvalue weighted by Crippen LogP contribution is -2.20. The van der Waals surface area contributed by atoms with Gasteiger partial charge in [-0.1, -0.05) is 12.1 Å². The van der Waals surface area contributed by atoms with Crippen molar-refractivity contribution >= 4 is 34.2 Å². The van der Waals surface area contributed by atoms with E-state index in [1.54, 1.807) is 16.8 Å². The number of rotatable bonds is 3. The highest BCUT2D eigenvalue weighted by atomic mass is 127. The number of anilines is 1. The third kappa shape index (κ3) is 3.12. The predicted molar refractivity (Wildman–Crippen MR) is 79.4 cm³/mol. The highest BCUT2D eigenvalue weighted by Gasteiger charge is 2.12. The monoisotopic (exact) mass is 373 g/mol. The van der Waals surface area contributed by atoms with Crippen molar-refractivity contribution in [2.75, 3.05) is 5.32 Å². The first-order chi connectivity index (χ1) is 8.99. The molecule has 19 heavy (non-hydrogen) atoms. The van der Waals surface area contributed by atoms with Crippen molar-refractivity contribution < 1.29 is 9.18 Å². The zero-order valence-corrected chi connectivity index (χ0v) is 12.7. The molecule has 0 atom stereocenters. The smallest absolute Gasteiger partial charge is 0.246 e. The van der Waals surface area contributed by atoms with Crippen LogP contribution in [0.5, 0.6) is 0 Å². The second-order valence-corrected chi connectivity index (χ2v) is 5.25. The first-order valence-corrected chi connectivity index (χ1v) is 6.81. The Morgan fingerprint density at radius 3 is 2.68 bits per heavy atom. The summed E-state index contributed by atoms with van der Waals surface area (Å²) in [6.07, 6.45) is 0. The molecule has 100 valence electrons. The van der Waals surface area contributed by atoms with Crippen LogP contribution in [0.4, 0.5) is 10.1 Å². The summed E-state index contributed by atoms with van der Waals surface area (Å²) in [6.45, 7) is 3.86. The average molecular weight is 373 g/mol. The summed E-state index contributed by atoms with van der Waals surface area (Å²) in [5.74, 6) is -0.745. The van der Waals surface area contributed by atoms with E-state index < -0.39 is 5.82 Å². The van der Waals surface area contributed by atoms with Crippen LogP contribution in [0, 0.1) is 23.2 Å². The summed E-state index contributed by atoms with van der Waals surface area (Å²) >= 11 is 2.19. The SMILES string of the molecule is Cc1nn(CC(=O)Nc2ccccc2F)c(C)c1I. The number of nitrogens with zero attached hydrogens (tertiary/aromatic N) is 2. The molecule has 0 aliphatic rings. The molecule has 1 N–H and O–H groups in total. The molecule has 6 heteroatoms. The molecule has 0 saturated heterocycles. The zero-order chi connectivity index (χ0) is 14.0. The molecule has 0 aliphatic carbocycles. The minimum atomic E-state index is -0.446. The standard InChI is InChI=1S/C13H13FIN3O/c1-8-13(15)9(2)18(17-8)7-12(19)16-11-6-4-3-5-10(11)14/h3-6H,7H2,1-2H3,(H,16,19). The normalized spacial score (nSPS) is 10.5. The molecule has 0 unspecified atom stereocenters. The van der Waals surface area contributed by atoms with Crippen LogP contribution < -0.4 is 5.32 Å². The second-order valence-electron chi connectivity index (χ2n) is 4.17. The van der Waals surface area contributed by atoms with Gasteiger partial charge in [-0.15, -0.1) is 0 Å². The number of hydrogen-bond acceptors (Lipinski definition) is 2. The fourth-order valence-electron chi connectivity index (χ4n) is 1.72. The lowest BCUT2D eigenvalue weighted by Gasteiger charge is -2.07. The summed E-state index contributed by atoms with van der Waals surface area (Å²) in [4.78, 5) is 11.9. The molecule has 0 aliphatic heterocycles. The molecule has 0 fully saturated rings. The molecule has 2 aromatic rings. The topological polar surface area (TPSA) is 46.9 Å². The quantitative estimate of drug-likeness (QED) is 0.842. The summed E-state index contributed by atoms with van der Waals surface area (Å²) in [7, 11) is 0. The Morgan fingerprint density at radius 2 is 2.11 bits per heavy atom. The number of nitrogens with one attached hydrogen (secondary N) is 1. The number of aromatic nitrogens is 2.